The van der Waals surface area contributed by atoms with Crippen LogP contribution in [0.4, 0.5) is 5.69 Å². The largest absolute Gasteiger partial charge is 0.463 e. The van der Waals surface area contributed by atoms with E-state index < -0.39 is 59.5 Å². The molecule has 34 heavy (non-hydrogen) atoms. The van der Waals surface area contributed by atoms with E-state index in [-0.39, 0.29) is 18.9 Å². The number of hydrogen-bond acceptors (Lipinski definition) is 12. The van der Waals surface area contributed by atoms with E-state index in [9.17, 15) is 29.3 Å². The molecule has 0 spiro atoms. The lowest BCUT2D eigenvalue weighted by Gasteiger charge is -2.44. The fourth-order valence-corrected chi connectivity index (χ4v) is 3.22. The van der Waals surface area contributed by atoms with Crippen molar-refractivity contribution in [1.29, 1.82) is 0 Å². The number of ether oxygens (including phenoxy) is 6. The number of benzene rings is 1. The zero-order valence-corrected chi connectivity index (χ0v) is 19.0. The summed E-state index contributed by atoms with van der Waals surface area (Å²) in [6.07, 6.45) is -6.45. The Morgan fingerprint density at radius 1 is 0.853 bits per heavy atom. The van der Waals surface area contributed by atoms with Gasteiger partial charge in [0.1, 0.15) is 12.7 Å². The molecule has 0 N–H and O–H groups in total. The van der Waals surface area contributed by atoms with Crippen LogP contribution in [0.3, 0.4) is 0 Å². The summed E-state index contributed by atoms with van der Waals surface area (Å²) in [6.45, 7) is 3.99. The molecule has 0 amide bonds. The topological polar surface area (TPSA) is 167 Å². The fourth-order valence-electron chi connectivity index (χ4n) is 3.22. The maximum absolute atomic E-state index is 11.8. The monoisotopic (exact) mass is 483 g/mol. The maximum atomic E-state index is 11.8. The molecule has 1 aliphatic rings. The molecule has 1 heterocycles. The molecule has 1 aliphatic heterocycles. The van der Waals surface area contributed by atoms with E-state index in [1.807, 2.05) is 0 Å². The summed E-state index contributed by atoms with van der Waals surface area (Å²) in [6, 6.07) is 5.49. The van der Waals surface area contributed by atoms with E-state index in [2.05, 4.69) is 0 Å². The van der Waals surface area contributed by atoms with Crippen molar-refractivity contribution in [3.63, 3.8) is 0 Å². The molecule has 0 bridgehead atoms. The second kappa shape index (κ2) is 12.0. The van der Waals surface area contributed by atoms with Crippen molar-refractivity contribution >= 4 is 29.6 Å². The highest BCUT2D eigenvalue weighted by atomic mass is 16.7. The summed E-state index contributed by atoms with van der Waals surface area (Å²) in [4.78, 5) is 56.9. The third-order valence-corrected chi connectivity index (χ3v) is 4.51. The van der Waals surface area contributed by atoms with Gasteiger partial charge in [0.25, 0.3) is 5.69 Å². The molecule has 13 nitrogen and oxygen atoms in total. The molecule has 1 aromatic carbocycles. The number of rotatable bonds is 9. The van der Waals surface area contributed by atoms with Crippen molar-refractivity contribution < 1.29 is 52.5 Å². The minimum absolute atomic E-state index is 0.115. The third kappa shape index (κ3) is 7.78. The number of nitro benzene ring substituents is 1. The second-order valence-electron chi connectivity index (χ2n) is 7.30. The first-order chi connectivity index (χ1) is 16.0. The number of carbonyl (C=O) groups excluding carboxylic acids is 4. The van der Waals surface area contributed by atoms with Crippen molar-refractivity contribution in [3.05, 3.63) is 39.9 Å². The van der Waals surface area contributed by atoms with Crippen molar-refractivity contribution in [3.8, 4) is 0 Å². The molecule has 1 fully saturated rings. The summed E-state index contributed by atoms with van der Waals surface area (Å²) < 4.78 is 32.4. The van der Waals surface area contributed by atoms with Crippen molar-refractivity contribution in [2.24, 2.45) is 0 Å². The Bertz CT molecular complexity index is 915. The normalized spacial score (nSPS) is 23.9. The molecule has 0 aliphatic carbocycles. The smallest absolute Gasteiger partial charge is 0.303 e. The predicted molar refractivity (Wildman–Crippen MR) is 110 cm³/mol. The average molecular weight is 483 g/mol. The standard InChI is InChI=1S/C21H25NO12/c1-11(23)29-10-17-18(31-12(2)24)19(32-13(3)25)20(33-14(4)26)21(34-17)30-9-15-5-7-16(8-6-15)22(27)28/h5-8,17-21H,9-10H2,1-4H3/t17-,18-,19+,20+,21+/m1/s1. The molecule has 0 saturated carbocycles. The minimum atomic E-state index is -1.35. The first-order valence-corrected chi connectivity index (χ1v) is 10.1. The van der Waals surface area contributed by atoms with Crippen LogP contribution in [0.25, 0.3) is 0 Å². The molecule has 0 radical (unpaired) electrons. The van der Waals surface area contributed by atoms with E-state index >= 15 is 0 Å². The van der Waals surface area contributed by atoms with Gasteiger partial charge in [0.05, 0.1) is 11.5 Å². The number of nitro groups is 1. The van der Waals surface area contributed by atoms with Crippen LogP contribution < -0.4 is 0 Å². The molecule has 0 aromatic heterocycles. The highest BCUT2D eigenvalue weighted by Gasteiger charge is 2.52. The molecular weight excluding hydrogens is 458 g/mol. The predicted octanol–water partition coefficient (Wildman–Crippen LogP) is 1.19. The molecule has 1 saturated heterocycles. The first kappa shape index (κ1) is 26.7. The molecule has 2 rings (SSSR count). The van der Waals surface area contributed by atoms with Crippen molar-refractivity contribution in [1.82, 2.24) is 0 Å². The van der Waals surface area contributed by atoms with E-state index in [0.29, 0.717) is 5.56 Å². The molecular formula is C21H25NO12. The molecule has 186 valence electrons. The van der Waals surface area contributed by atoms with Crippen LogP contribution in [0.5, 0.6) is 0 Å². The average Bonchev–Trinajstić information content (AvgIpc) is 2.73. The fraction of sp³-hybridized carbons (Fsp3) is 0.524. The van der Waals surface area contributed by atoms with Crippen LogP contribution >= 0.6 is 0 Å². The molecule has 1 aromatic rings. The van der Waals surface area contributed by atoms with Crippen LogP contribution in [-0.2, 0) is 54.2 Å². The lowest BCUT2D eigenvalue weighted by Crippen LogP contribution is -2.62. The maximum Gasteiger partial charge on any atom is 0.303 e. The first-order valence-electron chi connectivity index (χ1n) is 10.1. The zero-order chi connectivity index (χ0) is 25.4. The van der Waals surface area contributed by atoms with Gasteiger partial charge < -0.3 is 28.4 Å². The number of hydrogen-bond donors (Lipinski definition) is 0. The van der Waals surface area contributed by atoms with E-state index in [0.717, 1.165) is 27.7 Å². The van der Waals surface area contributed by atoms with Gasteiger partial charge in [-0.25, -0.2) is 0 Å². The van der Waals surface area contributed by atoms with Crippen LogP contribution in [0, 0.1) is 10.1 Å². The van der Waals surface area contributed by atoms with Gasteiger partial charge in [-0.2, -0.15) is 0 Å². The highest BCUT2D eigenvalue weighted by Crippen LogP contribution is 2.30. The summed E-state index contributed by atoms with van der Waals surface area (Å²) in [5.74, 6) is -2.90. The summed E-state index contributed by atoms with van der Waals surface area (Å²) in [7, 11) is 0. The van der Waals surface area contributed by atoms with Gasteiger partial charge in [0.2, 0.25) is 0 Å². The van der Waals surface area contributed by atoms with E-state index in [1.165, 1.54) is 24.3 Å². The van der Waals surface area contributed by atoms with Gasteiger partial charge in [-0.3, -0.25) is 29.3 Å². The Kier molecular flexibility index (Phi) is 9.45. The minimum Gasteiger partial charge on any atom is -0.463 e. The van der Waals surface area contributed by atoms with Crippen LogP contribution in [0.1, 0.15) is 33.3 Å². The van der Waals surface area contributed by atoms with Crippen LogP contribution in [-0.4, -0.2) is 66.1 Å². The molecule has 5 atom stereocenters. The Hall–Kier alpha value is -3.58. The number of carbonyl (C=O) groups is 4. The van der Waals surface area contributed by atoms with Crippen molar-refractivity contribution in [2.45, 2.75) is 65.0 Å². The van der Waals surface area contributed by atoms with Crippen LogP contribution in [0.2, 0.25) is 0 Å². The van der Waals surface area contributed by atoms with Gasteiger partial charge in [-0.1, -0.05) is 0 Å². The van der Waals surface area contributed by atoms with Crippen molar-refractivity contribution in [2.75, 3.05) is 6.61 Å². The lowest BCUT2D eigenvalue weighted by molar-refractivity contribution is -0.384. The van der Waals surface area contributed by atoms with Gasteiger partial charge in [-0.05, 0) is 17.7 Å². The Morgan fingerprint density at radius 3 is 1.88 bits per heavy atom. The number of esters is 4. The summed E-state index contributed by atoms with van der Waals surface area (Å²) >= 11 is 0. The third-order valence-electron chi connectivity index (χ3n) is 4.51. The lowest BCUT2D eigenvalue weighted by atomic mass is 9.98. The molecule has 0 unspecified atom stereocenters. The Morgan fingerprint density at radius 2 is 1.38 bits per heavy atom. The SMILES string of the molecule is CC(=O)OC[C@H]1O[C@H](OCc2ccc([N+](=O)[O-])cc2)[C@@H](OC(C)=O)[C@@H](OC(C)=O)[C@@H]1OC(C)=O. The van der Waals surface area contributed by atoms with E-state index in [4.69, 9.17) is 28.4 Å². The summed E-state index contributed by atoms with van der Waals surface area (Å²) in [5, 5.41) is 10.8. The summed E-state index contributed by atoms with van der Waals surface area (Å²) in [5.41, 5.74) is 0.412. The number of non-ortho nitro benzene ring substituents is 1. The van der Waals surface area contributed by atoms with Gasteiger partial charge in [0, 0.05) is 39.8 Å². The van der Waals surface area contributed by atoms with Gasteiger partial charge >= 0.3 is 23.9 Å². The van der Waals surface area contributed by atoms with E-state index in [1.54, 1.807) is 0 Å². The highest BCUT2D eigenvalue weighted by molar-refractivity contribution is 5.68. The second-order valence-corrected chi connectivity index (χ2v) is 7.30. The van der Waals surface area contributed by atoms with Gasteiger partial charge in [0.15, 0.2) is 24.6 Å². The number of nitrogens with zero attached hydrogens (tertiary/aromatic N) is 1. The van der Waals surface area contributed by atoms with Gasteiger partial charge in [-0.15, -0.1) is 0 Å². The Balaban J connectivity index is 2.34. The molecule has 13 heteroatoms. The Labute approximate surface area is 194 Å². The van der Waals surface area contributed by atoms with Crippen LogP contribution in [0.15, 0.2) is 24.3 Å². The quantitative estimate of drug-likeness (QED) is 0.213. The zero-order valence-electron chi connectivity index (χ0n) is 19.0.